The summed E-state index contributed by atoms with van der Waals surface area (Å²) in [7, 11) is -3.88. The van der Waals surface area contributed by atoms with Gasteiger partial charge in [-0.1, -0.05) is 71.9 Å². The number of epoxide rings is 1. The average Bonchev–Trinajstić information content (AvgIpc) is 3.42. The molecule has 0 aromatic heterocycles. The van der Waals surface area contributed by atoms with E-state index in [-0.39, 0.29) is 41.1 Å². The molecule has 1 fully saturated rings. The van der Waals surface area contributed by atoms with Gasteiger partial charge in [-0.15, -0.1) is 0 Å². The fraction of sp³-hybridized carbons (Fsp3) is 0.778. The van der Waals surface area contributed by atoms with Crippen LogP contribution >= 0.6 is 0 Å². The van der Waals surface area contributed by atoms with Gasteiger partial charge in [-0.05, 0) is 61.1 Å². The van der Waals surface area contributed by atoms with Crippen LogP contribution in [0.1, 0.15) is 66.4 Å². The van der Waals surface area contributed by atoms with Gasteiger partial charge >= 0.3 is 0 Å². The van der Waals surface area contributed by atoms with Crippen molar-refractivity contribution >= 4 is 16.6 Å². The van der Waals surface area contributed by atoms with Crippen molar-refractivity contribution < 1.29 is 18.7 Å². The zero-order valence-electron chi connectivity index (χ0n) is 22.9. The first kappa shape index (κ1) is 28.7. The van der Waals surface area contributed by atoms with Crippen molar-refractivity contribution in [3.63, 3.8) is 0 Å². The van der Waals surface area contributed by atoms with Crippen LogP contribution in [0.5, 0.6) is 0 Å². The van der Waals surface area contributed by atoms with Crippen LogP contribution in [0.4, 0.5) is 0 Å². The van der Waals surface area contributed by atoms with Gasteiger partial charge in [0.1, 0.15) is 6.10 Å². The molecule has 0 saturated carbocycles. The summed E-state index contributed by atoms with van der Waals surface area (Å²) in [5, 5.41) is 9.82. The fourth-order valence-corrected chi connectivity index (χ4v) is 6.46. The molecule has 0 spiro atoms. The molecule has 1 N–H and O–H groups in total. The quantitative estimate of drug-likeness (QED) is 0.252. The topological polar surface area (TPSA) is 51.2 Å². The third-order valence-corrected chi connectivity index (χ3v) is 17.1. The number of aliphatic hydroxyl groups excluding tert-OH is 1. The molecule has 0 bridgehead atoms. The third-order valence-electron chi connectivity index (χ3n) is 8.02. The van der Waals surface area contributed by atoms with E-state index >= 15 is 0 Å². The minimum absolute atomic E-state index is 0.0282. The summed E-state index contributed by atoms with van der Waals surface area (Å²) >= 11 is 0. The monoisotopic (exact) mass is 494 g/mol. The number of benzene rings is 1. The largest absolute Gasteiger partial charge is 0.414 e. The highest BCUT2D eigenvalue weighted by Crippen LogP contribution is 2.41. The van der Waals surface area contributed by atoms with E-state index in [1.807, 2.05) is 0 Å². The van der Waals surface area contributed by atoms with Crippen molar-refractivity contribution in [2.24, 2.45) is 0 Å². The Hall–Kier alpha value is -0.506. The van der Waals surface area contributed by atoms with Gasteiger partial charge in [0.05, 0.1) is 18.8 Å². The van der Waals surface area contributed by atoms with E-state index in [9.17, 15) is 5.11 Å². The van der Waals surface area contributed by atoms with Gasteiger partial charge in [-0.2, -0.15) is 0 Å². The summed E-state index contributed by atoms with van der Waals surface area (Å²) in [4.78, 5) is 0. The standard InChI is InChI=1S/C27H50O4Si2/c1-26(2,3)32(7,8)30-22(17-16-21-14-12-11-13-15-21)18-23(19-24-25(20-28)29-24)31-33(9,10)27(4,5)6/h11-15,22-25,28H,16-20H2,1-10H3/t22-,23-,24+,25+/m1/s1. The van der Waals surface area contributed by atoms with E-state index < -0.39 is 16.6 Å². The van der Waals surface area contributed by atoms with Crippen molar-refractivity contribution in [1.29, 1.82) is 0 Å². The molecule has 0 amide bonds. The Morgan fingerprint density at radius 2 is 1.36 bits per heavy atom. The smallest absolute Gasteiger partial charge is 0.192 e. The second kappa shape index (κ2) is 11.0. The van der Waals surface area contributed by atoms with Crippen LogP contribution in [0.15, 0.2) is 30.3 Å². The SMILES string of the molecule is CC(C)(C)[Si](C)(C)O[C@H](CCc1ccccc1)C[C@H](C[C@@H]1O[C@H]1CO)O[Si](C)(C)C(C)(C)C. The molecule has 1 aliphatic rings. The van der Waals surface area contributed by atoms with Crippen molar-refractivity contribution in [2.75, 3.05) is 6.61 Å². The molecule has 1 aromatic rings. The second-order valence-electron chi connectivity index (χ2n) is 12.9. The Labute approximate surface area is 205 Å². The van der Waals surface area contributed by atoms with E-state index in [1.165, 1.54) is 5.56 Å². The van der Waals surface area contributed by atoms with E-state index in [0.717, 1.165) is 25.7 Å². The number of aliphatic hydroxyl groups is 1. The summed E-state index contributed by atoms with van der Waals surface area (Å²) < 4.78 is 19.7. The zero-order chi connectivity index (χ0) is 25.1. The lowest BCUT2D eigenvalue weighted by Gasteiger charge is -2.42. The average molecular weight is 495 g/mol. The van der Waals surface area contributed by atoms with E-state index in [4.69, 9.17) is 13.6 Å². The highest BCUT2D eigenvalue weighted by molar-refractivity contribution is 6.74. The van der Waals surface area contributed by atoms with E-state index in [0.29, 0.717) is 0 Å². The maximum atomic E-state index is 9.51. The van der Waals surface area contributed by atoms with E-state index in [2.05, 4.69) is 98.1 Å². The molecule has 2 rings (SSSR count). The van der Waals surface area contributed by atoms with E-state index in [1.54, 1.807) is 0 Å². The van der Waals surface area contributed by atoms with Gasteiger partial charge in [0.25, 0.3) is 0 Å². The van der Waals surface area contributed by atoms with Crippen LogP contribution in [-0.4, -0.2) is 52.8 Å². The van der Waals surface area contributed by atoms with Crippen molar-refractivity contribution in [3.8, 4) is 0 Å². The number of hydrogen-bond donors (Lipinski definition) is 1. The lowest BCUT2D eigenvalue weighted by atomic mass is 10.0. The molecule has 4 nitrogen and oxygen atoms in total. The van der Waals surface area contributed by atoms with Crippen molar-refractivity contribution in [2.45, 2.75) is 128 Å². The molecule has 0 aliphatic carbocycles. The van der Waals surface area contributed by atoms with Gasteiger partial charge in [-0.25, -0.2) is 0 Å². The molecule has 1 aromatic carbocycles. The molecule has 6 heteroatoms. The predicted molar refractivity (Wildman–Crippen MR) is 144 cm³/mol. The van der Waals surface area contributed by atoms with Crippen LogP contribution < -0.4 is 0 Å². The molecular weight excluding hydrogens is 444 g/mol. The second-order valence-corrected chi connectivity index (χ2v) is 22.4. The molecule has 1 aliphatic heterocycles. The zero-order valence-corrected chi connectivity index (χ0v) is 24.9. The predicted octanol–water partition coefficient (Wildman–Crippen LogP) is 6.94. The molecule has 1 saturated heterocycles. The summed E-state index contributed by atoms with van der Waals surface area (Å²) in [5.41, 5.74) is 1.36. The maximum Gasteiger partial charge on any atom is 0.192 e. The van der Waals surface area contributed by atoms with Gasteiger partial charge < -0.3 is 18.7 Å². The van der Waals surface area contributed by atoms with Crippen molar-refractivity contribution in [3.05, 3.63) is 35.9 Å². The van der Waals surface area contributed by atoms with Crippen LogP contribution in [0.2, 0.25) is 36.3 Å². The molecule has 0 unspecified atom stereocenters. The van der Waals surface area contributed by atoms with Gasteiger partial charge in [0, 0.05) is 12.5 Å². The lowest BCUT2D eigenvalue weighted by molar-refractivity contribution is 0.0779. The van der Waals surface area contributed by atoms with Crippen LogP contribution in [-0.2, 0) is 20.0 Å². The number of hydrogen-bond acceptors (Lipinski definition) is 4. The maximum absolute atomic E-state index is 9.51. The summed E-state index contributed by atoms with van der Waals surface area (Å²) in [6.07, 6.45) is 4.01. The molecular formula is C27H50O4Si2. The highest BCUT2D eigenvalue weighted by atomic mass is 28.4. The molecule has 33 heavy (non-hydrogen) atoms. The van der Waals surface area contributed by atoms with Crippen LogP contribution in [0.25, 0.3) is 0 Å². The molecule has 4 atom stereocenters. The highest BCUT2D eigenvalue weighted by Gasteiger charge is 2.45. The first-order valence-electron chi connectivity index (χ1n) is 12.7. The Morgan fingerprint density at radius 1 is 0.848 bits per heavy atom. The number of aryl methyl sites for hydroxylation is 1. The molecule has 0 radical (unpaired) electrons. The fourth-order valence-electron chi connectivity index (χ4n) is 3.68. The Bertz CT molecular complexity index is 722. The van der Waals surface area contributed by atoms with Crippen LogP contribution in [0, 0.1) is 0 Å². The minimum atomic E-state index is -1.95. The van der Waals surface area contributed by atoms with Gasteiger partial charge in [0.2, 0.25) is 0 Å². The molecule has 190 valence electrons. The van der Waals surface area contributed by atoms with Gasteiger partial charge in [0.15, 0.2) is 16.6 Å². The van der Waals surface area contributed by atoms with Gasteiger partial charge in [-0.3, -0.25) is 0 Å². The number of rotatable bonds is 12. The third kappa shape index (κ3) is 8.58. The normalized spacial score (nSPS) is 21.7. The number of ether oxygens (including phenoxy) is 1. The first-order valence-corrected chi connectivity index (χ1v) is 18.5. The summed E-state index contributed by atoms with van der Waals surface area (Å²) in [6, 6.07) is 10.7. The van der Waals surface area contributed by atoms with Crippen LogP contribution in [0.3, 0.4) is 0 Å². The summed E-state index contributed by atoms with van der Waals surface area (Å²) in [5.74, 6) is 0. The van der Waals surface area contributed by atoms with Crippen molar-refractivity contribution in [1.82, 2.24) is 0 Å². The Morgan fingerprint density at radius 3 is 1.82 bits per heavy atom. The lowest BCUT2D eigenvalue weighted by Crippen LogP contribution is -2.47. The minimum Gasteiger partial charge on any atom is -0.414 e. The molecule has 1 heterocycles. The summed E-state index contributed by atoms with van der Waals surface area (Å²) in [6.45, 7) is 23.2. The Kier molecular flexibility index (Phi) is 9.61. The Balaban J connectivity index is 2.21. The first-order chi connectivity index (χ1) is 15.1.